The number of imide groups is 1. The fourth-order valence-corrected chi connectivity index (χ4v) is 3.69. The smallest absolute Gasteiger partial charge is 0.354 e. The summed E-state index contributed by atoms with van der Waals surface area (Å²) in [5.74, 6) is -0.938. The van der Waals surface area contributed by atoms with E-state index in [0.29, 0.717) is 23.2 Å². The first-order valence-electron chi connectivity index (χ1n) is 10.1. The van der Waals surface area contributed by atoms with E-state index in [0.717, 1.165) is 23.8 Å². The van der Waals surface area contributed by atoms with Gasteiger partial charge in [0, 0.05) is 31.1 Å². The minimum absolute atomic E-state index is 0.0931. The number of halogens is 3. The van der Waals surface area contributed by atoms with E-state index >= 15 is 0 Å². The molecule has 1 N–H and O–H groups in total. The second kappa shape index (κ2) is 8.16. The standard InChI is InChI=1S/C21H21F3N4O3/c22-21(23,24)17-12-16(13-7-8-13)28(26-17)11-9-25-18(29)6-3-10-27-19(30)14-4-1-2-5-15(14)20(27)31/h1-2,4-5,12-13H,3,6-11H2,(H,25,29). The molecular formula is C21H21F3N4O3. The van der Waals surface area contributed by atoms with Gasteiger partial charge in [0.15, 0.2) is 5.69 Å². The second-order valence-electron chi connectivity index (χ2n) is 7.71. The van der Waals surface area contributed by atoms with Crippen LogP contribution >= 0.6 is 0 Å². The SMILES string of the molecule is O=C(CCCN1C(=O)c2ccccc2C1=O)NCCn1nc(C(F)(F)F)cc1C1CC1. The van der Waals surface area contributed by atoms with Gasteiger partial charge in [-0.25, -0.2) is 0 Å². The third-order valence-electron chi connectivity index (χ3n) is 5.41. The summed E-state index contributed by atoms with van der Waals surface area (Å²) < 4.78 is 40.1. The Balaban J connectivity index is 1.23. The van der Waals surface area contributed by atoms with E-state index in [1.165, 1.54) is 4.68 Å². The van der Waals surface area contributed by atoms with Crippen molar-refractivity contribution in [1.82, 2.24) is 20.0 Å². The number of alkyl halides is 3. The van der Waals surface area contributed by atoms with Crippen molar-refractivity contribution in [3.8, 4) is 0 Å². The van der Waals surface area contributed by atoms with Gasteiger partial charge < -0.3 is 5.32 Å². The van der Waals surface area contributed by atoms with Crippen LogP contribution in [0.5, 0.6) is 0 Å². The number of amides is 3. The van der Waals surface area contributed by atoms with E-state index in [9.17, 15) is 27.6 Å². The zero-order chi connectivity index (χ0) is 22.2. The topological polar surface area (TPSA) is 84.3 Å². The summed E-state index contributed by atoms with van der Waals surface area (Å²) in [6.45, 7) is 0.413. The van der Waals surface area contributed by atoms with Gasteiger partial charge in [0.05, 0.1) is 17.7 Å². The number of benzene rings is 1. The number of aromatic nitrogens is 2. The summed E-state index contributed by atoms with van der Waals surface area (Å²) >= 11 is 0. The van der Waals surface area contributed by atoms with Crippen molar-refractivity contribution in [3.05, 3.63) is 52.8 Å². The first kappa shape index (κ1) is 21.1. The predicted octanol–water partition coefficient (Wildman–Crippen LogP) is 2.97. The molecule has 0 bridgehead atoms. The lowest BCUT2D eigenvalue weighted by Gasteiger charge is -2.13. The highest BCUT2D eigenvalue weighted by Crippen LogP contribution is 2.42. The van der Waals surface area contributed by atoms with Crippen LogP contribution in [-0.4, -0.2) is 45.5 Å². The molecule has 3 amide bonds. The van der Waals surface area contributed by atoms with E-state index in [1.54, 1.807) is 24.3 Å². The largest absolute Gasteiger partial charge is 0.435 e. The Morgan fingerprint density at radius 3 is 2.32 bits per heavy atom. The lowest BCUT2D eigenvalue weighted by atomic mass is 10.1. The van der Waals surface area contributed by atoms with Gasteiger partial charge in [-0.15, -0.1) is 0 Å². The number of fused-ring (bicyclic) bond motifs is 1. The van der Waals surface area contributed by atoms with Crippen LogP contribution in [0.3, 0.4) is 0 Å². The molecule has 0 unspecified atom stereocenters. The molecule has 10 heteroatoms. The summed E-state index contributed by atoms with van der Waals surface area (Å²) in [4.78, 5) is 37.8. The van der Waals surface area contributed by atoms with Gasteiger partial charge in [0.2, 0.25) is 5.91 Å². The van der Waals surface area contributed by atoms with Crippen molar-refractivity contribution in [2.75, 3.05) is 13.1 Å². The Morgan fingerprint density at radius 2 is 1.74 bits per heavy atom. The van der Waals surface area contributed by atoms with Crippen LogP contribution in [-0.2, 0) is 17.5 Å². The minimum Gasteiger partial charge on any atom is -0.354 e. The monoisotopic (exact) mass is 434 g/mol. The van der Waals surface area contributed by atoms with Crippen LogP contribution in [0.15, 0.2) is 30.3 Å². The molecule has 1 aliphatic carbocycles. The summed E-state index contributed by atoms with van der Waals surface area (Å²) in [6, 6.07) is 7.65. The first-order chi connectivity index (χ1) is 14.8. The lowest BCUT2D eigenvalue weighted by Crippen LogP contribution is -2.32. The highest BCUT2D eigenvalue weighted by atomic mass is 19.4. The molecule has 2 heterocycles. The van der Waals surface area contributed by atoms with Gasteiger partial charge in [0.25, 0.3) is 11.8 Å². The number of hydrogen-bond acceptors (Lipinski definition) is 4. The van der Waals surface area contributed by atoms with E-state index in [1.807, 2.05) is 0 Å². The number of nitrogens with one attached hydrogen (secondary N) is 1. The zero-order valence-corrected chi connectivity index (χ0v) is 16.6. The fourth-order valence-electron chi connectivity index (χ4n) is 3.69. The molecule has 4 rings (SSSR count). The molecular weight excluding hydrogens is 413 g/mol. The molecule has 1 aliphatic heterocycles. The van der Waals surface area contributed by atoms with Crippen LogP contribution in [0.25, 0.3) is 0 Å². The maximum atomic E-state index is 12.9. The van der Waals surface area contributed by atoms with Crippen LogP contribution < -0.4 is 5.32 Å². The van der Waals surface area contributed by atoms with Crippen molar-refractivity contribution in [2.45, 2.75) is 44.3 Å². The average Bonchev–Trinajstić information content (AvgIpc) is 3.43. The molecule has 1 fully saturated rings. The third-order valence-corrected chi connectivity index (χ3v) is 5.41. The van der Waals surface area contributed by atoms with Crippen LogP contribution in [0.2, 0.25) is 0 Å². The quantitative estimate of drug-likeness (QED) is 0.648. The van der Waals surface area contributed by atoms with E-state index < -0.39 is 11.9 Å². The first-order valence-corrected chi connectivity index (χ1v) is 10.1. The van der Waals surface area contributed by atoms with Gasteiger partial charge >= 0.3 is 6.18 Å². The van der Waals surface area contributed by atoms with Gasteiger partial charge in [-0.05, 0) is 37.5 Å². The summed E-state index contributed by atoms with van der Waals surface area (Å²) in [6.07, 6.45) is -2.43. The molecule has 1 aromatic heterocycles. The third kappa shape index (κ3) is 4.47. The van der Waals surface area contributed by atoms with E-state index in [-0.39, 0.29) is 49.7 Å². The van der Waals surface area contributed by atoms with E-state index in [4.69, 9.17) is 0 Å². The number of carbonyl (C=O) groups excluding carboxylic acids is 3. The van der Waals surface area contributed by atoms with Crippen LogP contribution in [0, 0.1) is 0 Å². The zero-order valence-electron chi connectivity index (χ0n) is 16.6. The Bertz CT molecular complexity index is 992. The molecule has 1 saturated carbocycles. The number of hydrogen-bond donors (Lipinski definition) is 1. The Morgan fingerprint density at radius 1 is 1.10 bits per heavy atom. The molecule has 1 aromatic carbocycles. The number of rotatable bonds is 8. The van der Waals surface area contributed by atoms with Crippen molar-refractivity contribution in [2.24, 2.45) is 0 Å². The lowest BCUT2D eigenvalue weighted by molar-refractivity contribution is -0.141. The van der Waals surface area contributed by atoms with Gasteiger partial charge in [-0.3, -0.25) is 24.0 Å². The minimum atomic E-state index is -4.50. The Kier molecular flexibility index (Phi) is 5.55. The summed E-state index contributed by atoms with van der Waals surface area (Å²) in [5.41, 5.74) is 0.357. The van der Waals surface area contributed by atoms with Crippen LogP contribution in [0.4, 0.5) is 13.2 Å². The molecule has 0 atom stereocenters. The normalized spacial score (nSPS) is 16.0. The van der Waals surface area contributed by atoms with Gasteiger partial charge in [-0.1, -0.05) is 12.1 Å². The van der Waals surface area contributed by atoms with Gasteiger partial charge in [0.1, 0.15) is 0 Å². The molecule has 0 radical (unpaired) electrons. The predicted molar refractivity (Wildman–Crippen MR) is 103 cm³/mol. The molecule has 2 aromatic rings. The average molecular weight is 434 g/mol. The number of carbonyl (C=O) groups is 3. The molecule has 164 valence electrons. The second-order valence-corrected chi connectivity index (χ2v) is 7.71. The molecule has 0 saturated heterocycles. The van der Waals surface area contributed by atoms with Gasteiger partial charge in [-0.2, -0.15) is 18.3 Å². The maximum absolute atomic E-state index is 12.9. The molecule has 2 aliphatic rings. The summed E-state index contributed by atoms with van der Waals surface area (Å²) in [5, 5.41) is 6.31. The van der Waals surface area contributed by atoms with Crippen LogP contribution in [0.1, 0.15) is 63.7 Å². The maximum Gasteiger partial charge on any atom is 0.435 e. The number of nitrogens with zero attached hydrogens (tertiary/aromatic N) is 3. The van der Waals surface area contributed by atoms with Crippen molar-refractivity contribution in [3.63, 3.8) is 0 Å². The Labute approximate surface area is 176 Å². The molecule has 31 heavy (non-hydrogen) atoms. The fraction of sp³-hybridized carbons (Fsp3) is 0.429. The summed E-state index contributed by atoms with van der Waals surface area (Å²) in [7, 11) is 0. The molecule has 7 nitrogen and oxygen atoms in total. The highest BCUT2D eigenvalue weighted by Gasteiger charge is 2.38. The van der Waals surface area contributed by atoms with E-state index in [2.05, 4.69) is 10.4 Å². The molecule has 0 spiro atoms. The Hall–Kier alpha value is -3.17. The van der Waals surface area contributed by atoms with Crippen molar-refractivity contribution < 1.29 is 27.6 Å². The van der Waals surface area contributed by atoms with Crippen molar-refractivity contribution >= 4 is 17.7 Å². The highest BCUT2D eigenvalue weighted by molar-refractivity contribution is 6.21. The van der Waals surface area contributed by atoms with Crippen molar-refractivity contribution in [1.29, 1.82) is 0 Å².